The second-order valence-electron chi connectivity index (χ2n) is 17.3. The molecule has 0 bridgehead atoms. The number of carbonyl (C=O) groups is 5. The number of hydrogen-bond donors (Lipinski definition) is 2. The Kier molecular flexibility index (Phi) is 9.68. The monoisotopic (exact) mass is 862 g/mol. The number of nitrogens with one attached hydrogen (secondary N) is 2. The lowest BCUT2D eigenvalue weighted by Crippen LogP contribution is -2.72. The Labute approximate surface area is 362 Å². The van der Waals surface area contributed by atoms with Gasteiger partial charge >= 0.3 is 0 Å². The number of hydrogen-bond acceptors (Lipinski definition) is 12. The molecule has 6 aliphatic heterocycles. The summed E-state index contributed by atoms with van der Waals surface area (Å²) in [4.78, 5) is 84.9. The van der Waals surface area contributed by atoms with Crippen molar-refractivity contribution in [2.24, 2.45) is 11.3 Å². The van der Waals surface area contributed by atoms with Gasteiger partial charge in [-0.2, -0.15) is 4.98 Å². The van der Waals surface area contributed by atoms with E-state index < -0.39 is 23.8 Å². The Bertz CT molecular complexity index is 2510. The number of fused-ring (bicyclic) bond motifs is 2. The fourth-order valence-electron chi connectivity index (χ4n) is 10.1. The van der Waals surface area contributed by atoms with E-state index in [0.717, 1.165) is 80.5 Å². The highest BCUT2D eigenvalue weighted by molar-refractivity contribution is 6.40. The fraction of sp³-hybridized carbons (Fsp3) is 0.386. The zero-order chi connectivity index (χ0) is 42.3. The standard InChI is InChI=1S/C44H44Cl2N10O5/c1-25-16-27(48-43-47-18-31-38(50-43)51(2)24-55(40(31)59)37-32(45)4-3-5-33(37)46)6-9-34(25)53-14-12-26(13-15-53)19-52-20-44(21-52)22-54(23-44)28-7-8-29-30(17-28)42(61)56(41(29)60)35-10-11-36(57)49-39(35)58/h3-9,16-18,26,35H,10-15,19-24H2,1-2H3,(H,47,48,50)(H,49,57,58). The van der Waals surface area contributed by atoms with E-state index in [1.54, 1.807) is 36.5 Å². The van der Waals surface area contributed by atoms with Crippen molar-refractivity contribution in [3.63, 3.8) is 0 Å². The zero-order valence-corrected chi connectivity index (χ0v) is 35.3. The number of nitrogens with zero attached hydrogens (tertiary/aromatic N) is 8. The van der Waals surface area contributed by atoms with Crippen LogP contribution in [0.2, 0.25) is 10.0 Å². The van der Waals surface area contributed by atoms with Crippen LogP contribution in [0, 0.1) is 18.3 Å². The summed E-state index contributed by atoms with van der Waals surface area (Å²) in [5.41, 5.74) is 5.85. The molecular weight excluding hydrogens is 819 g/mol. The number of aromatic nitrogens is 2. The number of para-hydroxylation sites is 1. The highest BCUT2D eigenvalue weighted by atomic mass is 35.5. The summed E-state index contributed by atoms with van der Waals surface area (Å²) in [5, 5.41) is 6.36. The van der Waals surface area contributed by atoms with Gasteiger partial charge in [-0.1, -0.05) is 29.3 Å². The third-order valence-corrected chi connectivity index (χ3v) is 13.7. The second kappa shape index (κ2) is 15.0. The van der Waals surface area contributed by atoms with Crippen molar-refractivity contribution in [2.45, 2.75) is 38.6 Å². The van der Waals surface area contributed by atoms with Crippen molar-refractivity contribution in [1.29, 1.82) is 0 Å². The molecule has 61 heavy (non-hydrogen) atoms. The number of anilines is 6. The lowest BCUT2D eigenvalue weighted by atomic mass is 9.72. The SMILES string of the molecule is Cc1cc(Nc2ncc3c(n2)N(C)CN(c2c(Cl)cccc2Cl)C3=O)ccc1N1CCC(CN2CC3(C2)CN(c2ccc4c(c2)C(=O)N(C2CCC(=O)NC2=O)C4=O)C3)CC1. The number of aryl methyl sites for hydroxylation is 1. The van der Waals surface area contributed by atoms with Crippen molar-refractivity contribution in [2.75, 3.05) is 84.4 Å². The molecule has 4 fully saturated rings. The maximum atomic E-state index is 13.5. The first-order chi connectivity index (χ1) is 29.3. The Morgan fingerprint density at radius 2 is 1.57 bits per heavy atom. The summed E-state index contributed by atoms with van der Waals surface area (Å²) in [6.45, 7) is 9.36. The van der Waals surface area contributed by atoms with Crippen LogP contribution < -0.4 is 30.2 Å². The molecule has 1 unspecified atom stereocenters. The maximum Gasteiger partial charge on any atom is 0.265 e. The molecule has 1 aromatic heterocycles. The van der Waals surface area contributed by atoms with Gasteiger partial charge in [0.1, 0.15) is 17.4 Å². The number of piperidine rings is 2. The third kappa shape index (κ3) is 6.92. The smallest absolute Gasteiger partial charge is 0.265 e. The lowest BCUT2D eigenvalue weighted by Gasteiger charge is -2.61. The average Bonchev–Trinajstić information content (AvgIpc) is 3.45. The fourth-order valence-corrected chi connectivity index (χ4v) is 10.7. The molecule has 5 amide bonds. The van der Waals surface area contributed by atoms with Gasteiger partial charge in [-0.15, -0.1) is 0 Å². The number of likely N-dealkylation sites (tertiary alicyclic amines) is 1. The molecular formula is C44H44Cl2N10O5. The van der Waals surface area contributed by atoms with Crippen LogP contribution in [0.5, 0.6) is 0 Å². The lowest BCUT2D eigenvalue weighted by molar-refractivity contribution is -0.136. The van der Waals surface area contributed by atoms with Gasteiger partial charge < -0.3 is 24.9 Å². The first kappa shape index (κ1) is 39.4. The van der Waals surface area contributed by atoms with Crippen molar-refractivity contribution in [3.05, 3.63) is 93.1 Å². The predicted molar refractivity (Wildman–Crippen MR) is 232 cm³/mol. The molecule has 1 atom stereocenters. The van der Waals surface area contributed by atoms with E-state index in [0.29, 0.717) is 50.1 Å². The molecule has 4 aromatic rings. The van der Waals surface area contributed by atoms with Crippen LogP contribution >= 0.6 is 23.2 Å². The topological polar surface area (TPSA) is 155 Å². The normalized spacial score (nSPS) is 21.4. The summed E-state index contributed by atoms with van der Waals surface area (Å²) in [6.07, 6.45) is 4.03. The van der Waals surface area contributed by atoms with Crippen molar-refractivity contribution >= 4 is 87.3 Å². The number of carbonyl (C=O) groups excluding carboxylic acids is 5. The summed E-state index contributed by atoms with van der Waals surface area (Å²) in [6, 6.07) is 15.9. The van der Waals surface area contributed by atoms with Crippen LogP contribution in [0.4, 0.5) is 34.5 Å². The number of benzene rings is 3. The number of rotatable bonds is 8. The van der Waals surface area contributed by atoms with Gasteiger partial charge in [-0.05, 0) is 86.2 Å². The van der Waals surface area contributed by atoms with Gasteiger partial charge in [0, 0.05) is 88.0 Å². The van der Waals surface area contributed by atoms with E-state index in [2.05, 4.69) is 49.4 Å². The van der Waals surface area contributed by atoms with Gasteiger partial charge in [0.2, 0.25) is 17.8 Å². The van der Waals surface area contributed by atoms with E-state index in [9.17, 15) is 24.0 Å². The van der Waals surface area contributed by atoms with Crippen LogP contribution in [-0.4, -0.2) is 115 Å². The maximum absolute atomic E-state index is 13.5. The van der Waals surface area contributed by atoms with E-state index >= 15 is 0 Å². The van der Waals surface area contributed by atoms with Gasteiger partial charge in [0.15, 0.2) is 0 Å². The molecule has 4 saturated heterocycles. The number of imide groups is 2. The predicted octanol–water partition coefficient (Wildman–Crippen LogP) is 5.33. The highest BCUT2D eigenvalue weighted by Gasteiger charge is 2.52. The van der Waals surface area contributed by atoms with Crippen LogP contribution in [0.1, 0.15) is 62.3 Å². The van der Waals surface area contributed by atoms with Crippen LogP contribution in [-0.2, 0) is 9.59 Å². The summed E-state index contributed by atoms with van der Waals surface area (Å²) >= 11 is 12.9. The van der Waals surface area contributed by atoms with Crippen molar-refractivity contribution in [3.8, 4) is 0 Å². The van der Waals surface area contributed by atoms with Gasteiger partial charge in [-0.3, -0.25) is 39.1 Å². The largest absolute Gasteiger partial charge is 0.371 e. The molecule has 1 spiro atoms. The van der Waals surface area contributed by atoms with Crippen LogP contribution in [0.3, 0.4) is 0 Å². The minimum absolute atomic E-state index is 0.0963. The molecule has 6 aliphatic rings. The molecule has 314 valence electrons. The first-order valence-electron chi connectivity index (χ1n) is 20.6. The van der Waals surface area contributed by atoms with E-state index in [4.69, 9.17) is 28.2 Å². The van der Waals surface area contributed by atoms with Gasteiger partial charge in [0.25, 0.3) is 17.7 Å². The van der Waals surface area contributed by atoms with Crippen LogP contribution in [0.15, 0.2) is 60.8 Å². The molecule has 7 heterocycles. The number of amides is 5. The van der Waals surface area contributed by atoms with Crippen molar-refractivity contribution < 1.29 is 24.0 Å². The molecule has 10 rings (SSSR count). The Balaban J connectivity index is 0.695. The summed E-state index contributed by atoms with van der Waals surface area (Å²) in [5.74, 6) is -0.653. The molecule has 17 heteroatoms. The summed E-state index contributed by atoms with van der Waals surface area (Å²) in [7, 11) is 1.86. The van der Waals surface area contributed by atoms with Gasteiger partial charge in [0.05, 0.1) is 33.5 Å². The van der Waals surface area contributed by atoms with Crippen LogP contribution in [0.25, 0.3) is 0 Å². The molecule has 3 aromatic carbocycles. The quantitative estimate of drug-likeness (QED) is 0.220. The zero-order valence-electron chi connectivity index (χ0n) is 33.8. The summed E-state index contributed by atoms with van der Waals surface area (Å²) < 4.78 is 0. The average molecular weight is 864 g/mol. The molecule has 0 radical (unpaired) electrons. The Hall–Kier alpha value is -5.77. The highest BCUT2D eigenvalue weighted by Crippen LogP contribution is 2.44. The van der Waals surface area contributed by atoms with Crippen molar-refractivity contribution in [1.82, 2.24) is 25.1 Å². The Morgan fingerprint density at radius 3 is 2.30 bits per heavy atom. The Morgan fingerprint density at radius 1 is 0.836 bits per heavy atom. The third-order valence-electron chi connectivity index (χ3n) is 13.1. The molecule has 15 nitrogen and oxygen atoms in total. The van der Waals surface area contributed by atoms with E-state index in [1.807, 2.05) is 24.1 Å². The first-order valence-corrected chi connectivity index (χ1v) is 21.4. The van der Waals surface area contributed by atoms with E-state index in [-0.39, 0.29) is 36.7 Å². The molecule has 2 N–H and O–H groups in total. The minimum Gasteiger partial charge on any atom is -0.371 e. The minimum atomic E-state index is -0.966. The number of halogens is 2. The molecule has 0 saturated carbocycles. The molecule has 0 aliphatic carbocycles. The van der Waals surface area contributed by atoms with E-state index in [1.165, 1.54) is 10.6 Å². The second-order valence-corrected chi connectivity index (χ2v) is 18.1. The van der Waals surface area contributed by atoms with Gasteiger partial charge in [-0.25, -0.2) is 4.98 Å².